The Labute approximate surface area is 141 Å². The lowest BCUT2D eigenvalue weighted by Crippen LogP contribution is -2.42. The van der Waals surface area contributed by atoms with E-state index in [1.807, 2.05) is 42.2 Å². The number of likely N-dealkylation sites (tertiary alicyclic amines) is 1. The molecule has 2 fully saturated rings. The Hall–Kier alpha value is -2.37. The molecule has 1 atom stereocenters. The van der Waals surface area contributed by atoms with Gasteiger partial charge in [0.15, 0.2) is 0 Å². The standard InChI is InChI=1S/C18H22N4O2/c1-13(16(23)22-11-10-18(12-22)8-5-9-18)19-17-21-20-15(24-17)14-6-3-2-4-7-14/h2-4,6-7,13H,5,8-12H2,1H3,(H,19,21)/t13-/m0/s1. The van der Waals surface area contributed by atoms with Crippen LogP contribution >= 0.6 is 0 Å². The molecule has 1 saturated heterocycles. The molecule has 2 aromatic rings. The Balaban J connectivity index is 1.38. The van der Waals surface area contributed by atoms with Crippen molar-refractivity contribution in [2.75, 3.05) is 18.4 Å². The zero-order chi connectivity index (χ0) is 16.6. The molecule has 2 heterocycles. The minimum atomic E-state index is -0.371. The summed E-state index contributed by atoms with van der Waals surface area (Å²) in [6.45, 7) is 3.61. The fraction of sp³-hybridized carbons (Fsp3) is 0.500. The third-order valence-corrected chi connectivity index (χ3v) is 5.32. The summed E-state index contributed by atoms with van der Waals surface area (Å²) < 4.78 is 5.62. The molecule has 126 valence electrons. The quantitative estimate of drug-likeness (QED) is 0.935. The molecule has 1 aromatic carbocycles. The highest BCUT2D eigenvalue weighted by atomic mass is 16.4. The first-order valence-electron chi connectivity index (χ1n) is 8.60. The molecule has 1 saturated carbocycles. The van der Waals surface area contributed by atoms with Crippen molar-refractivity contribution in [2.45, 2.75) is 38.6 Å². The second-order valence-corrected chi connectivity index (χ2v) is 7.01. The third kappa shape index (κ3) is 2.77. The summed E-state index contributed by atoms with van der Waals surface area (Å²) in [7, 11) is 0. The molecule has 6 heteroatoms. The normalized spacial score (nSPS) is 20.0. The van der Waals surface area contributed by atoms with Crippen LogP contribution in [0.5, 0.6) is 0 Å². The fourth-order valence-electron chi connectivity index (χ4n) is 3.71. The van der Waals surface area contributed by atoms with Crippen molar-refractivity contribution in [1.29, 1.82) is 0 Å². The predicted octanol–water partition coefficient (Wildman–Crippen LogP) is 2.94. The molecular formula is C18H22N4O2. The van der Waals surface area contributed by atoms with E-state index in [4.69, 9.17) is 4.42 Å². The van der Waals surface area contributed by atoms with E-state index in [1.54, 1.807) is 0 Å². The zero-order valence-electron chi connectivity index (χ0n) is 13.9. The average Bonchev–Trinajstić information content (AvgIpc) is 3.22. The summed E-state index contributed by atoms with van der Waals surface area (Å²) in [5, 5.41) is 11.1. The Morgan fingerprint density at radius 1 is 1.25 bits per heavy atom. The summed E-state index contributed by atoms with van der Waals surface area (Å²) in [6.07, 6.45) is 4.98. The van der Waals surface area contributed by atoms with Crippen molar-refractivity contribution in [1.82, 2.24) is 15.1 Å². The molecule has 0 radical (unpaired) electrons. The van der Waals surface area contributed by atoms with Crippen molar-refractivity contribution in [3.63, 3.8) is 0 Å². The number of nitrogens with one attached hydrogen (secondary N) is 1. The molecule has 1 N–H and O–H groups in total. The van der Waals surface area contributed by atoms with Gasteiger partial charge in [-0.25, -0.2) is 0 Å². The molecule has 2 aliphatic rings. The second kappa shape index (κ2) is 5.92. The minimum Gasteiger partial charge on any atom is -0.403 e. The van der Waals surface area contributed by atoms with Gasteiger partial charge in [0.1, 0.15) is 6.04 Å². The van der Waals surface area contributed by atoms with Gasteiger partial charge in [-0.3, -0.25) is 4.79 Å². The van der Waals surface area contributed by atoms with Crippen molar-refractivity contribution in [3.8, 4) is 11.5 Å². The maximum Gasteiger partial charge on any atom is 0.316 e. The van der Waals surface area contributed by atoms with Gasteiger partial charge in [-0.2, -0.15) is 0 Å². The monoisotopic (exact) mass is 326 g/mol. The molecule has 1 spiro atoms. The molecule has 1 aliphatic carbocycles. The highest BCUT2D eigenvalue weighted by molar-refractivity contribution is 5.84. The Bertz CT molecular complexity index is 724. The molecule has 4 rings (SSSR count). The number of hydrogen-bond acceptors (Lipinski definition) is 5. The van der Waals surface area contributed by atoms with Crippen molar-refractivity contribution >= 4 is 11.9 Å². The molecular weight excluding hydrogens is 304 g/mol. The summed E-state index contributed by atoms with van der Waals surface area (Å²) in [5.41, 5.74) is 1.28. The number of rotatable bonds is 4. The lowest BCUT2D eigenvalue weighted by atomic mass is 9.68. The lowest BCUT2D eigenvalue weighted by molar-refractivity contribution is -0.131. The summed E-state index contributed by atoms with van der Waals surface area (Å²) >= 11 is 0. The molecule has 1 aliphatic heterocycles. The molecule has 1 amide bonds. The fourth-order valence-corrected chi connectivity index (χ4v) is 3.71. The van der Waals surface area contributed by atoms with Gasteiger partial charge < -0.3 is 14.6 Å². The molecule has 24 heavy (non-hydrogen) atoms. The number of amides is 1. The molecule has 1 aromatic heterocycles. The van der Waals surface area contributed by atoms with Crippen LogP contribution in [0.1, 0.15) is 32.6 Å². The predicted molar refractivity (Wildman–Crippen MR) is 90.3 cm³/mol. The van der Waals surface area contributed by atoms with Crippen LogP contribution in [-0.2, 0) is 4.79 Å². The van der Waals surface area contributed by atoms with Gasteiger partial charge in [0, 0.05) is 18.7 Å². The Morgan fingerprint density at radius 3 is 2.71 bits per heavy atom. The van der Waals surface area contributed by atoms with Crippen molar-refractivity contribution in [3.05, 3.63) is 30.3 Å². The van der Waals surface area contributed by atoms with E-state index in [1.165, 1.54) is 19.3 Å². The van der Waals surface area contributed by atoms with Crippen LogP contribution in [0.3, 0.4) is 0 Å². The first-order chi connectivity index (χ1) is 11.7. The summed E-state index contributed by atoms with van der Waals surface area (Å²) in [4.78, 5) is 14.6. The van der Waals surface area contributed by atoms with E-state index in [-0.39, 0.29) is 18.0 Å². The number of nitrogens with zero attached hydrogens (tertiary/aromatic N) is 3. The molecule has 0 bridgehead atoms. The van der Waals surface area contributed by atoms with Crippen LogP contribution in [0.2, 0.25) is 0 Å². The van der Waals surface area contributed by atoms with Gasteiger partial charge in [0.2, 0.25) is 11.8 Å². The van der Waals surface area contributed by atoms with Gasteiger partial charge in [-0.1, -0.05) is 29.7 Å². The van der Waals surface area contributed by atoms with E-state index >= 15 is 0 Å². The third-order valence-electron chi connectivity index (χ3n) is 5.32. The van der Waals surface area contributed by atoms with Gasteiger partial charge in [-0.15, -0.1) is 5.10 Å². The van der Waals surface area contributed by atoms with Crippen molar-refractivity contribution < 1.29 is 9.21 Å². The van der Waals surface area contributed by atoms with E-state index in [9.17, 15) is 4.79 Å². The lowest BCUT2D eigenvalue weighted by Gasteiger charge is -2.38. The Morgan fingerprint density at radius 2 is 2.04 bits per heavy atom. The van der Waals surface area contributed by atoms with Crippen LogP contribution in [0.15, 0.2) is 34.7 Å². The first-order valence-corrected chi connectivity index (χ1v) is 8.60. The van der Waals surface area contributed by atoms with Gasteiger partial charge in [0.05, 0.1) is 0 Å². The number of carbonyl (C=O) groups excluding carboxylic acids is 1. The number of carbonyl (C=O) groups is 1. The van der Waals surface area contributed by atoms with Crippen LogP contribution in [-0.4, -0.2) is 40.1 Å². The van der Waals surface area contributed by atoms with Gasteiger partial charge in [-0.05, 0) is 43.7 Å². The minimum absolute atomic E-state index is 0.109. The van der Waals surface area contributed by atoms with Crippen LogP contribution in [0.25, 0.3) is 11.5 Å². The van der Waals surface area contributed by atoms with Gasteiger partial charge in [0.25, 0.3) is 0 Å². The van der Waals surface area contributed by atoms with Crippen molar-refractivity contribution in [2.24, 2.45) is 5.41 Å². The average molecular weight is 326 g/mol. The number of benzene rings is 1. The van der Waals surface area contributed by atoms with E-state index in [0.29, 0.717) is 11.3 Å². The number of anilines is 1. The molecule has 0 unspecified atom stereocenters. The van der Waals surface area contributed by atoms with Crippen LogP contribution < -0.4 is 5.32 Å². The van der Waals surface area contributed by atoms with Crippen LogP contribution in [0.4, 0.5) is 6.01 Å². The van der Waals surface area contributed by atoms with Gasteiger partial charge >= 0.3 is 6.01 Å². The largest absolute Gasteiger partial charge is 0.403 e. The zero-order valence-corrected chi connectivity index (χ0v) is 13.9. The highest BCUT2D eigenvalue weighted by Crippen LogP contribution is 2.48. The summed E-state index contributed by atoms with van der Waals surface area (Å²) in [6, 6.07) is 9.51. The second-order valence-electron chi connectivity index (χ2n) is 7.01. The number of hydrogen-bond donors (Lipinski definition) is 1. The topological polar surface area (TPSA) is 71.3 Å². The van der Waals surface area contributed by atoms with E-state index < -0.39 is 0 Å². The maximum absolute atomic E-state index is 12.6. The molecule has 6 nitrogen and oxygen atoms in total. The highest BCUT2D eigenvalue weighted by Gasteiger charge is 2.44. The first kappa shape index (κ1) is 15.2. The van der Waals surface area contributed by atoms with E-state index in [0.717, 1.165) is 25.1 Å². The SMILES string of the molecule is C[C@H](Nc1nnc(-c2ccccc2)o1)C(=O)N1CCC2(CCC2)C1. The summed E-state index contributed by atoms with van der Waals surface area (Å²) in [5.74, 6) is 0.561. The smallest absolute Gasteiger partial charge is 0.316 e. The maximum atomic E-state index is 12.6. The van der Waals surface area contributed by atoms with Crippen LogP contribution in [0, 0.1) is 5.41 Å². The number of aromatic nitrogens is 2. The Kier molecular flexibility index (Phi) is 3.75. The van der Waals surface area contributed by atoms with E-state index in [2.05, 4.69) is 15.5 Å².